The summed E-state index contributed by atoms with van der Waals surface area (Å²) >= 11 is 19.1. The molecule has 1 N–H and O–H groups in total. The van der Waals surface area contributed by atoms with Gasteiger partial charge in [-0.2, -0.15) is 0 Å². The molecule has 2 aromatic carbocycles. The summed E-state index contributed by atoms with van der Waals surface area (Å²) in [4.78, 5) is 13.7. The zero-order valence-electron chi connectivity index (χ0n) is 14.8. The third-order valence-electron chi connectivity index (χ3n) is 4.93. The molecule has 1 fully saturated rings. The maximum atomic E-state index is 11.6. The van der Waals surface area contributed by atoms with Gasteiger partial charge in [-0.25, -0.2) is 0 Å². The topological polar surface area (TPSA) is 49.8 Å². The molecule has 0 spiro atoms. The first-order valence-corrected chi connectivity index (χ1v) is 9.80. The van der Waals surface area contributed by atoms with E-state index in [1.54, 1.807) is 19.2 Å². The van der Waals surface area contributed by atoms with Crippen LogP contribution in [0.3, 0.4) is 0 Å². The molecule has 2 aromatic rings. The molecule has 2 atom stereocenters. The highest BCUT2D eigenvalue weighted by Gasteiger charge is 2.34. The summed E-state index contributed by atoms with van der Waals surface area (Å²) in [6, 6.07) is 10.6. The predicted molar refractivity (Wildman–Crippen MR) is 108 cm³/mol. The number of aliphatic carboxylic acids is 1. The molecule has 1 aliphatic heterocycles. The van der Waals surface area contributed by atoms with Crippen LogP contribution in [0.2, 0.25) is 15.1 Å². The van der Waals surface area contributed by atoms with Crippen molar-refractivity contribution in [2.75, 3.05) is 20.2 Å². The smallest absolute Gasteiger partial charge is 0.307 e. The van der Waals surface area contributed by atoms with E-state index in [1.807, 2.05) is 24.3 Å². The molecule has 1 heterocycles. The van der Waals surface area contributed by atoms with Crippen molar-refractivity contribution < 1.29 is 14.6 Å². The van der Waals surface area contributed by atoms with Crippen LogP contribution in [-0.2, 0) is 4.79 Å². The lowest BCUT2D eigenvalue weighted by molar-refractivity contribution is -0.143. The first-order valence-electron chi connectivity index (χ1n) is 8.66. The van der Waals surface area contributed by atoms with Crippen LogP contribution in [0.5, 0.6) is 5.75 Å². The molecule has 4 nitrogen and oxygen atoms in total. The maximum Gasteiger partial charge on any atom is 0.307 e. The van der Waals surface area contributed by atoms with Crippen LogP contribution in [0, 0.1) is 5.92 Å². The quantitative estimate of drug-likeness (QED) is 0.679. The number of hydrogen-bond donors (Lipinski definition) is 1. The van der Waals surface area contributed by atoms with Gasteiger partial charge in [0.15, 0.2) is 0 Å². The van der Waals surface area contributed by atoms with Crippen LogP contribution in [0.4, 0.5) is 0 Å². The van der Waals surface area contributed by atoms with Crippen LogP contribution < -0.4 is 4.74 Å². The van der Waals surface area contributed by atoms with Gasteiger partial charge in [-0.15, -0.1) is 0 Å². The van der Waals surface area contributed by atoms with Crippen molar-refractivity contribution in [3.63, 3.8) is 0 Å². The summed E-state index contributed by atoms with van der Waals surface area (Å²) in [5.41, 5.74) is 1.64. The fourth-order valence-corrected chi connectivity index (χ4v) is 4.25. The highest BCUT2D eigenvalue weighted by atomic mass is 35.5. The molecule has 27 heavy (non-hydrogen) atoms. The van der Waals surface area contributed by atoms with Gasteiger partial charge in [-0.05, 0) is 49.2 Å². The van der Waals surface area contributed by atoms with Crippen LogP contribution in [-0.4, -0.2) is 36.2 Å². The lowest BCUT2D eigenvalue weighted by atomic mass is 9.91. The number of carboxylic acid groups (broad SMARTS) is 1. The molecule has 1 saturated heterocycles. The highest BCUT2D eigenvalue weighted by molar-refractivity contribution is 6.42. The summed E-state index contributed by atoms with van der Waals surface area (Å²) in [5, 5.41) is 11.0. The summed E-state index contributed by atoms with van der Waals surface area (Å²) in [6.45, 7) is 1.16. The first kappa shape index (κ1) is 20.3. The number of rotatable bonds is 5. The Balaban J connectivity index is 2.14. The molecule has 144 valence electrons. The van der Waals surface area contributed by atoms with E-state index in [1.165, 1.54) is 0 Å². The van der Waals surface area contributed by atoms with Crippen LogP contribution in [0.25, 0.3) is 0 Å². The Bertz CT molecular complexity index is 843. The molecule has 0 radical (unpaired) electrons. The van der Waals surface area contributed by atoms with Crippen molar-refractivity contribution in [1.82, 2.24) is 4.90 Å². The summed E-state index contributed by atoms with van der Waals surface area (Å²) in [6.07, 6.45) is 1.45. The van der Waals surface area contributed by atoms with Crippen molar-refractivity contribution in [3.8, 4) is 5.75 Å². The van der Waals surface area contributed by atoms with Gasteiger partial charge in [0.1, 0.15) is 5.75 Å². The van der Waals surface area contributed by atoms with Gasteiger partial charge in [0.05, 0.1) is 29.1 Å². The van der Waals surface area contributed by atoms with Crippen molar-refractivity contribution in [3.05, 3.63) is 62.6 Å². The van der Waals surface area contributed by atoms with E-state index in [2.05, 4.69) is 4.90 Å². The van der Waals surface area contributed by atoms with E-state index < -0.39 is 11.9 Å². The minimum absolute atomic E-state index is 0.313. The first-order chi connectivity index (χ1) is 12.9. The maximum absolute atomic E-state index is 11.6. The normalized spacial score (nSPS) is 18.9. The number of ether oxygens (including phenoxy) is 1. The molecule has 0 bridgehead atoms. The Morgan fingerprint density at radius 2 is 2.00 bits per heavy atom. The molecule has 3 rings (SSSR count). The molecule has 0 aliphatic carbocycles. The third kappa shape index (κ3) is 4.35. The molecule has 0 saturated carbocycles. The second-order valence-corrected chi connectivity index (χ2v) is 7.83. The monoisotopic (exact) mass is 427 g/mol. The van der Waals surface area contributed by atoms with Crippen molar-refractivity contribution in [2.45, 2.75) is 18.9 Å². The van der Waals surface area contributed by atoms with Gasteiger partial charge in [0, 0.05) is 17.1 Å². The number of methoxy groups -OCH3 is 1. The number of nitrogens with zero attached hydrogens (tertiary/aromatic N) is 1. The highest BCUT2D eigenvalue weighted by Crippen LogP contribution is 2.42. The molecule has 0 amide bonds. The second-order valence-electron chi connectivity index (χ2n) is 6.60. The third-order valence-corrected chi connectivity index (χ3v) is 6.00. The standard InChI is InChI=1S/C20H20Cl3NO3/c1-27-17-8-7-13(21)10-15(17)19(14-5-2-6-16(22)18(14)23)24-9-3-4-12(11-24)20(25)26/h2,5-8,10,12,19H,3-4,9,11H2,1H3,(H,25,26). The minimum Gasteiger partial charge on any atom is -0.496 e. The van der Waals surface area contributed by atoms with Gasteiger partial charge in [0.25, 0.3) is 0 Å². The number of hydrogen-bond acceptors (Lipinski definition) is 3. The van der Waals surface area contributed by atoms with Gasteiger partial charge in [0.2, 0.25) is 0 Å². The van der Waals surface area contributed by atoms with E-state index in [0.29, 0.717) is 33.8 Å². The summed E-state index contributed by atoms with van der Waals surface area (Å²) < 4.78 is 5.56. The molecule has 7 heteroatoms. The number of benzene rings is 2. The van der Waals surface area contributed by atoms with E-state index in [-0.39, 0.29) is 6.04 Å². The molecular weight excluding hydrogens is 409 g/mol. The second kappa shape index (κ2) is 8.70. The van der Waals surface area contributed by atoms with Gasteiger partial charge < -0.3 is 9.84 Å². The summed E-state index contributed by atoms with van der Waals surface area (Å²) in [5.74, 6) is -0.545. The molecular formula is C20H20Cl3NO3. The fraction of sp³-hybridized carbons (Fsp3) is 0.350. The van der Waals surface area contributed by atoms with E-state index in [4.69, 9.17) is 39.5 Å². The van der Waals surface area contributed by atoms with Crippen LogP contribution >= 0.6 is 34.8 Å². The van der Waals surface area contributed by atoms with Gasteiger partial charge in [-0.3, -0.25) is 9.69 Å². The number of likely N-dealkylation sites (tertiary alicyclic amines) is 1. The molecule has 1 aliphatic rings. The number of carboxylic acids is 1. The number of piperidine rings is 1. The van der Waals surface area contributed by atoms with Crippen molar-refractivity contribution in [1.29, 1.82) is 0 Å². The lowest BCUT2D eigenvalue weighted by Gasteiger charge is -2.38. The largest absolute Gasteiger partial charge is 0.496 e. The van der Waals surface area contributed by atoms with Gasteiger partial charge >= 0.3 is 5.97 Å². The molecule has 2 unspecified atom stereocenters. The Labute approximate surface area is 173 Å². The Morgan fingerprint density at radius 3 is 2.70 bits per heavy atom. The average Bonchev–Trinajstić information content (AvgIpc) is 2.66. The van der Waals surface area contributed by atoms with E-state index in [9.17, 15) is 9.90 Å². The summed E-state index contributed by atoms with van der Waals surface area (Å²) in [7, 11) is 1.60. The van der Waals surface area contributed by atoms with E-state index >= 15 is 0 Å². The van der Waals surface area contributed by atoms with Gasteiger partial charge in [-0.1, -0.05) is 46.9 Å². The van der Waals surface area contributed by atoms with E-state index in [0.717, 1.165) is 24.1 Å². The average molecular weight is 429 g/mol. The Kier molecular flexibility index (Phi) is 6.53. The fourth-order valence-electron chi connectivity index (χ4n) is 3.65. The Hall–Kier alpha value is -1.46. The Morgan fingerprint density at radius 1 is 1.22 bits per heavy atom. The van der Waals surface area contributed by atoms with Crippen molar-refractivity contribution in [2.24, 2.45) is 5.92 Å². The van der Waals surface area contributed by atoms with Crippen LogP contribution in [0.1, 0.15) is 30.0 Å². The predicted octanol–water partition coefficient (Wildman–Crippen LogP) is 5.54. The molecule has 0 aromatic heterocycles. The number of carbonyl (C=O) groups is 1. The zero-order valence-corrected chi connectivity index (χ0v) is 17.1. The van der Waals surface area contributed by atoms with Crippen LogP contribution in [0.15, 0.2) is 36.4 Å². The minimum atomic E-state index is -0.784. The van der Waals surface area contributed by atoms with Crippen molar-refractivity contribution >= 4 is 40.8 Å². The number of halogens is 3. The lowest BCUT2D eigenvalue weighted by Crippen LogP contribution is -2.41. The zero-order chi connectivity index (χ0) is 19.6. The SMILES string of the molecule is COc1ccc(Cl)cc1C(c1cccc(Cl)c1Cl)N1CCCC(C(=O)O)C1.